The summed E-state index contributed by atoms with van der Waals surface area (Å²) in [7, 11) is 0. The minimum absolute atomic E-state index is 0.139. The summed E-state index contributed by atoms with van der Waals surface area (Å²) in [6.45, 7) is 0. The molecule has 4 aromatic carbocycles. The zero-order chi connectivity index (χ0) is 27.3. The zero-order valence-corrected chi connectivity index (χ0v) is 21.6. The van der Waals surface area contributed by atoms with Crippen LogP contribution in [0.25, 0.3) is 0 Å². The number of nitrogens with zero attached hydrogens (tertiary/aromatic N) is 3. The number of nitro groups is 1. The van der Waals surface area contributed by atoms with Crippen LogP contribution < -0.4 is 9.96 Å². The third kappa shape index (κ3) is 3.79. The summed E-state index contributed by atoms with van der Waals surface area (Å²) < 4.78 is 0. The standard InChI is InChI=1S/C29H19Cl2N3O5/c30-23-16-15-22(17-24(23)31)32-27(35)26-29(28(32)36,19-11-13-21(14-12-19)34(37)38)25(18-7-3-1-4-8-18)33(39-26)20-9-5-2-6-10-20/h1-17,25-26H. The van der Waals surface area contributed by atoms with Crippen molar-refractivity contribution in [2.75, 3.05) is 9.96 Å². The number of para-hydroxylation sites is 1. The van der Waals surface area contributed by atoms with Crippen LogP contribution in [0.2, 0.25) is 10.0 Å². The van der Waals surface area contributed by atoms with Gasteiger partial charge in [0.05, 0.1) is 26.3 Å². The molecule has 0 spiro atoms. The van der Waals surface area contributed by atoms with Crippen LogP contribution in [0.15, 0.2) is 103 Å². The van der Waals surface area contributed by atoms with Crippen LogP contribution in [0.5, 0.6) is 0 Å². The molecular weight excluding hydrogens is 541 g/mol. The number of fused-ring (bicyclic) bond motifs is 1. The molecule has 8 nitrogen and oxygen atoms in total. The molecule has 3 atom stereocenters. The Labute approximate surface area is 233 Å². The number of carbonyl (C=O) groups excluding carboxylic acids is 2. The van der Waals surface area contributed by atoms with Gasteiger partial charge in [0.1, 0.15) is 11.5 Å². The van der Waals surface area contributed by atoms with E-state index in [0.717, 1.165) is 10.5 Å². The molecule has 2 saturated heterocycles. The van der Waals surface area contributed by atoms with Gasteiger partial charge in [-0.3, -0.25) is 24.5 Å². The van der Waals surface area contributed by atoms with Crippen LogP contribution in [0.3, 0.4) is 0 Å². The number of nitro benzene ring substituents is 1. The number of halogens is 2. The van der Waals surface area contributed by atoms with Crippen molar-refractivity contribution in [3.8, 4) is 0 Å². The molecule has 6 rings (SSSR count). The van der Waals surface area contributed by atoms with Gasteiger partial charge in [0.2, 0.25) is 5.91 Å². The lowest BCUT2D eigenvalue weighted by Crippen LogP contribution is -2.46. The van der Waals surface area contributed by atoms with Crippen LogP contribution in [0, 0.1) is 10.1 Å². The highest BCUT2D eigenvalue weighted by Crippen LogP contribution is 2.57. The number of non-ortho nitro benzene ring substituents is 1. The van der Waals surface area contributed by atoms with E-state index in [9.17, 15) is 19.7 Å². The van der Waals surface area contributed by atoms with Gasteiger partial charge in [-0.05, 0) is 41.5 Å². The van der Waals surface area contributed by atoms with Crippen molar-refractivity contribution in [2.45, 2.75) is 17.6 Å². The first kappa shape index (κ1) is 25.1. The predicted octanol–water partition coefficient (Wildman–Crippen LogP) is 6.27. The van der Waals surface area contributed by atoms with Gasteiger partial charge in [-0.2, -0.15) is 0 Å². The maximum Gasteiger partial charge on any atom is 0.269 e. The van der Waals surface area contributed by atoms with Gasteiger partial charge in [-0.1, -0.05) is 83.9 Å². The number of hydroxylamine groups is 1. The first-order chi connectivity index (χ1) is 18.8. The number of rotatable bonds is 5. The second kappa shape index (κ2) is 9.50. The number of carbonyl (C=O) groups is 2. The van der Waals surface area contributed by atoms with Crippen molar-refractivity contribution >= 4 is 52.1 Å². The normalized spacial score (nSPS) is 22.3. The third-order valence-electron chi connectivity index (χ3n) is 7.14. The van der Waals surface area contributed by atoms with Crippen LogP contribution in [-0.4, -0.2) is 22.8 Å². The number of anilines is 2. The molecule has 0 aromatic heterocycles. The summed E-state index contributed by atoms with van der Waals surface area (Å²) in [6.07, 6.45) is -1.27. The maximum atomic E-state index is 14.7. The van der Waals surface area contributed by atoms with Crippen molar-refractivity contribution in [3.05, 3.63) is 134 Å². The second-order valence-electron chi connectivity index (χ2n) is 9.21. The van der Waals surface area contributed by atoms with E-state index in [0.29, 0.717) is 11.3 Å². The van der Waals surface area contributed by atoms with E-state index in [4.69, 9.17) is 28.0 Å². The summed E-state index contributed by atoms with van der Waals surface area (Å²) in [5.41, 5.74) is 0.293. The Morgan fingerprint density at radius 3 is 2.05 bits per heavy atom. The largest absolute Gasteiger partial charge is 0.273 e. The number of benzene rings is 4. The Bertz CT molecular complexity index is 1600. The Morgan fingerprint density at radius 1 is 0.795 bits per heavy atom. The highest BCUT2D eigenvalue weighted by molar-refractivity contribution is 6.42. The molecule has 0 aliphatic carbocycles. The van der Waals surface area contributed by atoms with Crippen molar-refractivity contribution in [1.29, 1.82) is 0 Å². The smallest absolute Gasteiger partial charge is 0.269 e. The minimum atomic E-state index is -1.59. The van der Waals surface area contributed by atoms with Crippen LogP contribution in [-0.2, 0) is 19.8 Å². The first-order valence-electron chi connectivity index (χ1n) is 12.0. The Morgan fingerprint density at radius 2 is 1.44 bits per heavy atom. The maximum absolute atomic E-state index is 14.7. The topological polar surface area (TPSA) is 93.0 Å². The predicted molar refractivity (Wildman–Crippen MR) is 147 cm³/mol. The molecule has 3 unspecified atom stereocenters. The highest BCUT2D eigenvalue weighted by Gasteiger charge is 2.72. The van der Waals surface area contributed by atoms with Crippen LogP contribution in [0.4, 0.5) is 17.1 Å². The number of imide groups is 1. The molecule has 194 valence electrons. The van der Waals surface area contributed by atoms with E-state index >= 15 is 0 Å². The SMILES string of the molecule is O=C1C2ON(c3ccccc3)C(c3ccccc3)C2(c2ccc([N+](=O)[O-])cc2)C(=O)N1c1ccc(Cl)c(Cl)c1. The molecule has 0 radical (unpaired) electrons. The van der Waals surface area contributed by atoms with Crippen LogP contribution in [0.1, 0.15) is 17.2 Å². The summed E-state index contributed by atoms with van der Waals surface area (Å²) >= 11 is 12.4. The first-order valence-corrected chi connectivity index (χ1v) is 12.7. The fraction of sp³-hybridized carbons (Fsp3) is 0.103. The van der Waals surface area contributed by atoms with E-state index in [-0.39, 0.29) is 21.4 Å². The molecular formula is C29H19Cl2N3O5. The average Bonchev–Trinajstić information content (AvgIpc) is 3.42. The second-order valence-corrected chi connectivity index (χ2v) is 10.0. The van der Waals surface area contributed by atoms with Crippen molar-refractivity contribution in [3.63, 3.8) is 0 Å². The monoisotopic (exact) mass is 559 g/mol. The lowest BCUT2D eigenvalue weighted by molar-refractivity contribution is -0.384. The molecule has 2 heterocycles. The summed E-state index contributed by atoms with van der Waals surface area (Å²) in [5.74, 6) is -1.13. The minimum Gasteiger partial charge on any atom is -0.273 e. The van der Waals surface area contributed by atoms with E-state index in [2.05, 4.69) is 0 Å². The molecule has 0 bridgehead atoms. The Balaban J connectivity index is 1.61. The fourth-order valence-corrected chi connectivity index (χ4v) is 5.73. The number of hydrogen-bond donors (Lipinski definition) is 0. The van der Waals surface area contributed by atoms with E-state index in [1.165, 1.54) is 36.4 Å². The zero-order valence-electron chi connectivity index (χ0n) is 20.1. The lowest BCUT2D eigenvalue weighted by Gasteiger charge is -2.35. The van der Waals surface area contributed by atoms with Gasteiger partial charge in [0.25, 0.3) is 11.6 Å². The van der Waals surface area contributed by atoms with E-state index in [1.54, 1.807) is 11.1 Å². The average molecular weight is 560 g/mol. The summed E-state index contributed by atoms with van der Waals surface area (Å²) in [5, 5.41) is 13.5. The van der Waals surface area contributed by atoms with Crippen molar-refractivity contribution < 1.29 is 19.3 Å². The van der Waals surface area contributed by atoms with Gasteiger partial charge in [0, 0.05) is 12.1 Å². The number of amides is 2. The van der Waals surface area contributed by atoms with Gasteiger partial charge >= 0.3 is 0 Å². The lowest BCUT2D eigenvalue weighted by atomic mass is 9.69. The molecule has 2 aliphatic heterocycles. The fourth-order valence-electron chi connectivity index (χ4n) is 5.44. The summed E-state index contributed by atoms with van der Waals surface area (Å²) in [4.78, 5) is 47.1. The molecule has 2 amide bonds. The molecule has 0 saturated carbocycles. The van der Waals surface area contributed by atoms with E-state index in [1.807, 2.05) is 60.7 Å². The Hall–Kier alpha value is -4.24. The molecule has 10 heteroatoms. The third-order valence-corrected chi connectivity index (χ3v) is 7.88. The van der Waals surface area contributed by atoms with Gasteiger partial charge < -0.3 is 0 Å². The van der Waals surface area contributed by atoms with Crippen molar-refractivity contribution in [1.82, 2.24) is 0 Å². The molecule has 2 aliphatic rings. The number of hydrogen-bond acceptors (Lipinski definition) is 6. The highest BCUT2D eigenvalue weighted by atomic mass is 35.5. The molecule has 39 heavy (non-hydrogen) atoms. The van der Waals surface area contributed by atoms with Gasteiger partial charge in [-0.15, -0.1) is 0 Å². The molecule has 4 aromatic rings. The Kier molecular flexibility index (Phi) is 6.10. The van der Waals surface area contributed by atoms with E-state index < -0.39 is 34.3 Å². The van der Waals surface area contributed by atoms with Crippen molar-refractivity contribution in [2.24, 2.45) is 0 Å². The van der Waals surface area contributed by atoms with Crippen LogP contribution >= 0.6 is 23.2 Å². The molecule has 2 fully saturated rings. The molecule has 0 N–H and O–H groups in total. The summed E-state index contributed by atoms with van der Waals surface area (Å²) in [6, 6.07) is 27.8. The quantitative estimate of drug-likeness (QED) is 0.162. The van der Waals surface area contributed by atoms with Gasteiger partial charge in [-0.25, -0.2) is 9.96 Å². The van der Waals surface area contributed by atoms with Gasteiger partial charge in [0.15, 0.2) is 6.10 Å².